The molecule has 0 spiro atoms. The Bertz CT molecular complexity index is 852. The fourth-order valence-electron chi connectivity index (χ4n) is 3.57. The van der Waals surface area contributed by atoms with E-state index in [1.807, 2.05) is 64.4 Å². The van der Waals surface area contributed by atoms with Gasteiger partial charge in [0.05, 0.1) is 42.3 Å². The molecule has 0 aromatic carbocycles. The second-order valence-corrected chi connectivity index (χ2v) is 7.71. The number of aromatic nitrogens is 4. The fourth-order valence-corrected chi connectivity index (χ4v) is 3.57. The SMILES string of the molecule is Cc1cc(CN(CC2COC(C)(C)O2)C(=O)c2c(C)nn(C)c2C)n(C)n1. The number of ether oxygens (including phenoxy) is 2. The molecule has 3 heterocycles. The van der Waals surface area contributed by atoms with Crippen molar-refractivity contribution < 1.29 is 14.3 Å². The summed E-state index contributed by atoms with van der Waals surface area (Å²) in [5, 5.41) is 8.79. The van der Waals surface area contributed by atoms with Crippen LogP contribution in [-0.2, 0) is 30.1 Å². The summed E-state index contributed by atoms with van der Waals surface area (Å²) in [5.74, 6) is -0.673. The van der Waals surface area contributed by atoms with E-state index in [0.717, 1.165) is 22.8 Å². The average Bonchev–Trinajstić information content (AvgIpc) is 3.15. The van der Waals surface area contributed by atoms with Crippen LogP contribution in [0.15, 0.2) is 6.07 Å². The van der Waals surface area contributed by atoms with Gasteiger partial charge in [0, 0.05) is 19.8 Å². The second-order valence-electron chi connectivity index (χ2n) is 7.71. The number of carbonyl (C=O) groups excluding carboxylic acids is 1. The van der Waals surface area contributed by atoms with E-state index in [2.05, 4.69) is 10.2 Å². The summed E-state index contributed by atoms with van der Waals surface area (Å²) in [6, 6.07) is 2.00. The Labute approximate surface area is 160 Å². The maximum absolute atomic E-state index is 13.4. The zero-order valence-corrected chi connectivity index (χ0v) is 17.2. The normalized spacial score (nSPS) is 18.9. The lowest BCUT2D eigenvalue weighted by molar-refractivity contribution is -0.139. The van der Waals surface area contributed by atoms with Gasteiger partial charge in [-0.25, -0.2) is 0 Å². The third kappa shape index (κ3) is 4.06. The third-order valence-corrected chi connectivity index (χ3v) is 4.95. The highest BCUT2D eigenvalue weighted by atomic mass is 16.7. The van der Waals surface area contributed by atoms with Crippen LogP contribution in [0.4, 0.5) is 0 Å². The van der Waals surface area contributed by atoms with E-state index < -0.39 is 5.79 Å². The monoisotopic (exact) mass is 375 g/mol. The molecule has 1 atom stereocenters. The lowest BCUT2D eigenvalue weighted by Crippen LogP contribution is -2.39. The smallest absolute Gasteiger partial charge is 0.258 e. The molecule has 8 nitrogen and oxygen atoms in total. The summed E-state index contributed by atoms with van der Waals surface area (Å²) in [4.78, 5) is 15.2. The average molecular weight is 375 g/mol. The number of hydrogen-bond donors (Lipinski definition) is 0. The van der Waals surface area contributed by atoms with E-state index in [9.17, 15) is 4.79 Å². The van der Waals surface area contributed by atoms with Crippen molar-refractivity contribution in [1.82, 2.24) is 24.5 Å². The van der Waals surface area contributed by atoms with E-state index in [4.69, 9.17) is 9.47 Å². The fraction of sp³-hybridized carbons (Fsp3) is 0.632. The highest BCUT2D eigenvalue weighted by Gasteiger charge is 2.35. The van der Waals surface area contributed by atoms with Crippen LogP contribution < -0.4 is 0 Å². The molecule has 0 aliphatic carbocycles. The molecular weight excluding hydrogens is 346 g/mol. The van der Waals surface area contributed by atoms with Crippen molar-refractivity contribution in [3.05, 3.63) is 34.4 Å². The number of hydrogen-bond acceptors (Lipinski definition) is 5. The van der Waals surface area contributed by atoms with Gasteiger partial charge in [0.1, 0.15) is 6.10 Å². The van der Waals surface area contributed by atoms with Crippen LogP contribution >= 0.6 is 0 Å². The lowest BCUT2D eigenvalue weighted by Gasteiger charge is -2.26. The van der Waals surface area contributed by atoms with Gasteiger partial charge < -0.3 is 14.4 Å². The Morgan fingerprint density at radius 1 is 1.26 bits per heavy atom. The van der Waals surface area contributed by atoms with Gasteiger partial charge in [0.15, 0.2) is 5.79 Å². The van der Waals surface area contributed by atoms with Crippen LogP contribution in [0.1, 0.15) is 47.0 Å². The Balaban J connectivity index is 1.89. The molecule has 1 fully saturated rings. The minimum atomic E-state index is -0.622. The van der Waals surface area contributed by atoms with E-state index in [-0.39, 0.29) is 12.0 Å². The first-order valence-corrected chi connectivity index (χ1v) is 9.18. The van der Waals surface area contributed by atoms with Gasteiger partial charge in [-0.15, -0.1) is 0 Å². The first kappa shape index (κ1) is 19.6. The molecule has 2 aromatic heterocycles. The van der Waals surface area contributed by atoms with E-state index in [0.29, 0.717) is 25.3 Å². The first-order valence-electron chi connectivity index (χ1n) is 9.18. The van der Waals surface area contributed by atoms with Gasteiger partial charge >= 0.3 is 0 Å². The molecule has 0 bridgehead atoms. The number of amides is 1. The highest BCUT2D eigenvalue weighted by Crippen LogP contribution is 2.25. The zero-order chi connectivity index (χ0) is 19.9. The van der Waals surface area contributed by atoms with Crippen molar-refractivity contribution in [3.63, 3.8) is 0 Å². The largest absolute Gasteiger partial charge is 0.348 e. The Kier molecular flexibility index (Phi) is 5.14. The van der Waals surface area contributed by atoms with Crippen molar-refractivity contribution in [2.75, 3.05) is 13.2 Å². The van der Waals surface area contributed by atoms with Crippen LogP contribution in [0.2, 0.25) is 0 Å². The van der Waals surface area contributed by atoms with Crippen LogP contribution in [0, 0.1) is 20.8 Å². The maximum Gasteiger partial charge on any atom is 0.258 e. The van der Waals surface area contributed by atoms with E-state index >= 15 is 0 Å². The first-order chi connectivity index (χ1) is 12.6. The van der Waals surface area contributed by atoms with Gasteiger partial charge in [-0.05, 0) is 40.7 Å². The topological polar surface area (TPSA) is 74.4 Å². The van der Waals surface area contributed by atoms with Crippen molar-refractivity contribution in [2.24, 2.45) is 14.1 Å². The predicted octanol–water partition coefficient (Wildman–Crippen LogP) is 1.87. The summed E-state index contributed by atoms with van der Waals surface area (Å²) < 4.78 is 15.2. The molecule has 3 rings (SSSR count). The predicted molar refractivity (Wildman–Crippen MR) is 100 cm³/mol. The molecule has 1 unspecified atom stereocenters. The standard InChI is InChI=1S/C19H29N5O3/c1-12-8-15(23(7)20-12)9-24(10-16-11-26-19(4,5)27-16)18(25)17-13(2)21-22(6)14(17)3/h8,16H,9-11H2,1-7H3. The number of rotatable bonds is 5. The minimum absolute atomic E-state index is 0.0507. The number of carbonyl (C=O) groups is 1. The summed E-state index contributed by atoms with van der Waals surface area (Å²) in [6.45, 7) is 10.9. The van der Waals surface area contributed by atoms with Gasteiger partial charge in [-0.2, -0.15) is 10.2 Å². The molecule has 8 heteroatoms. The lowest BCUT2D eigenvalue weighted by atomic mass is 10.1. The van der Waals surface area contributed by atoms with Crippen LogP contribution in [0.3, 0.4) is 0 Å². The molecular formula is C19H29N5O3. The molecule has 2 aromatic rings. The minimum Gasteiger partial charge on any atom is -0.348 e. The van der Waals surface area contributed by atoms with Crippen molar-refractivity contribution in [3.8, 4) is 0 Å². The van der Waals surface area contributed by atoms with Gasteiger partial charge in [-0.1, -0.05) is 0 Å². The van der Waals surface area contributed by atoms with E-state index in [1.165, 1.54) is 0 Å². The van der Waals surface area contributed by atoms with E-state index in [1.54, 1.807) is 4.68 Å². The van der Waals surface area contributed by atoms with Crippen LogP contribution in [0.5, 0.6) is 0 Å². The Morgan fingerprint density at radius 2 is 1.96 bits per heavy atom. The second kappa shape index (κ2) is 7.09. The van der Waals surface area contributed by atoms with Crippen molar-refractivity contribution in [1.29, 1.82) is 0 Å². The van der Waals surface area contributed by atoms with Gasteiger partial charge in [-0.3, -0.25) is 14.2 Å². The highest BCUT2D eigenvalue weighted by molar-refractivity contribution is 5.96. The van der Waals surface area contributed by atoms with Gasteiger partial charge in [0.2, 0.25) is 0 Å². The number of nitrogens with zero attached hydrogens (tertiary/aromatic N) is 5. The molecule has 148 valence electrons. The molecule has 1 saturated heterocycles. The molecule has 0 N–H and O–H groups in total. The van der Waals surface area contributed by atoms with Crippen LogP contribution in [0.25, 0.3) is 0 Å². The molecule has 27 heavy (non-hydrogen) atoms. The quantitative estimate of drug-likeness (QED) is 0.798. The third-order valence-electron chi connectivity index (χ3n) is 4.95. The summed E-state index contributed by atoms with van der Waals surface area (Å²) in [5.41, 5.74) is 4.13. The van der Waals surface area contributed by atoms with Gasteiger partial charge in [0.25, 0.3) is 5.91 Å². The Hall–Kier alpha value is -2.19. The molecule has 1 aliphatic rings. The molecule has 1 aliphatic heterocycles. The molecule has 1 amide bonds. The summed E-state index contributed by atoms with van der Waals surface area (Å²) >= 11 is 0. The number of aryl methyl sites for hydroxylation is 4. The van der Waals surface area contributed by atoms with Crippen LogP contribution in [-0.4, -0.2) is 55.4 Å². The maximum atomic E-state index is 13.4. The molecule has 0 saturated carbocycles. The Morgan fingerprint density at radius 3 is 2.44 bits per heavy atom. The van der Waals surface area contributed by atoms with Crippen molar-refractivity contribution >= 4 is 5.91 Å². The summed E-state index contributed by atoms with van der Waals surface area (Å²) in [7, 11) is 3.74. The van der Waals surface area contributed by atoms with Crippen molar-refractivity contribution in [2.45, 2.75) is 53.1 Å². The zero-order valence-electron chi connectivity index (χ0n) is 17.2. The summed E-state index contributed by atoms with van der Waals surface area (Å²) in [6.07, 6.45) is -0.171. The molecule has 0 radical (unpaired) electrons.